The summed E-state index contributed by atoms with van der Waals surface area (Å²) in [5.41, 5.74) is 4.91. The number of benzene rings is 1. The maximum absolute atomic E-state index is 11.8. The van der Waals surface area contributed by atoms with E-state index in [2.05, 4.69) is 10.9 Å². The van der Waals surface area contributed by atoms with E-state index in [0.717, 1.165) is 0 Å². The number of hydrogen-bond acceptors (Lipinski definition) is 5. The van der Waals surface area contributed by atoms with E-state index < -0.39 is 23.7 Å². The van der Waals surface area contributed by atoms with Crippen molar-refractivity contribution < 1.29 is 24.2 Å². The standard InChI is InChI=1S/C16H22N2O5/c1-3-4-12(16(21)22)7-10-14(19)17-18-15(20)11-5-8-13(23-2)9-6-11/h5-6,8-9,12H,3-4,7,10H2,1-2H3,(H,17,19)(H,18,20)(H,21,22)/p-1/t12-/m1/s1. The lowest BCUT2D eigenvalue weighted by Gasteiger charge is -2.16. The highest BCUT2D eigenvalue weighted by Gasteiger charge is 2.12. The number of rotatable bonds is 8. The summed E-state index contributed by atoms with van der Waals surface area (Å²) in [5.74, 6) is -2.10. The normalized spacial score (nSPS) is 11.4. The van der Waals surface area contributed by atoms with Crippen LogP contribution < -0.4 is 20.7 Å². The molecular weight excluding hydrogens is 300 g/mol. The number of nitrogens with one attached hydrogen (secondary N) is 2. The molecule has 0 fully saturated rings. The third-order valence-electron chi connectivity index (χ3n) is 3.36. The molecule has 1 atom stereocenters. The summed E-state index contributed by atoms with van der Waals surface area (Å²) in [5, 5.41) is 10.9. The molecule has 0 aliphatic rings. The summed E-state index contributed by atoms with van der Waals surface area (Å²) in [6.45, 7) is 1.87. The molecule has 0 saturated heterocycles. The lowest BCUT2D eigenvalue weighted by Crippen LogP contribution is -2.42. The summed E-state index contributed by atoms with van der Waals surface area (Å²) in [6, 6.07) is 6.39. The van der Waals surface area contributed by atoms with Crippen molar-refractivity contribution in [2.45, 2.75) is 32.6 Å². The van der Waals surface area contributed by atoms with Crippen LogP contribution in [0.3, 0.4) is 0 Å². The van der Waals surface area contributed by atoms with Crippen molar-refractivity contribution in [1.29, 1.82) is 0 Å². The monoisotopic (exact) mass is 321 g/mol. The summed E-state index contributed by atoms with van der Waals surface area (Å²) in [4.78, 5) is 34.4. The van der Waals surface area contributed by atoms with Crippen LogP contribution in [-0.4, -0.2) is 24.9 Å². The van der Waals surface area contributed by atoms with Crippen molar-refractivity contribution in [3.63, 3.8) is 0 Å². The highest BCUT2D eigenvalue weighted by Crippen LogP contribution is 2.13. The molecule has 7 heteroatoms. The van der Waals surface area contributed by atoms with E-state index in [-0.39, 0.29) is 12.8 Å². The van der Waals surface area contributed by atoms with Crippen molar-refractivity contribution in [2.24, 2.45) is 5.92 Å². The lowest BCUT2D eigenvalue weighted by molar-refractivity contribution is -0.312. The van der Waals surface area contributed by atoms with Gasteiger partial charge in [0.05, 0.1) is 7.11 Å². The number of hydrazine groups is 1. The van der Waals surface area contributed by atoms with Crippen molar-refractivity contribution in [1.82, 2.24) is 10.9 Å². The molecule has 1 aromatic carbocycles. The van der Waals surface area contributed by atoms with Gasteiger partial charge in [-0.15, -0.1) is 0 Å². The third-order valence-corrected chi connectivity index (χ3v) is 3.36. The van der Waals surface area contributed by atoms with E-state index in [4.69, 9.17) is 4.74 Å². The molecule has 0 heterocycles. The van der Waals surface area contributed by atoms with E-state index in [9.17, 15) is 19.5 Å². The Morgan fingerprint density at radius 1 is 1.13 bits per heavy atom. The van der Waals surface area contributed by atoms with Gasteiger partial charge in [0.15, 0.2) is 0 Å². The second-order valence-corrected chi connectivity index (χ2v) is 5.07. The van der Waals surface area contributed by atoms with Crippen molar-refractivity contribution in [3.05, 3.63) is 29.8 Å². The Hall–Kier alpha value is -2.57. The van der Waals surface area contributed by atoms with Gasteiger partial charge in [-0.2, -0.15) is 0 Å². The van der Waals surface area contributed by atoms with Crippen molar-refractivity contribution in [2.75, 3.05) is 7.11 Å². The number of carboxylic acid groups (broad SMARTS) is 1. The number of methoxy groups -OCH3 is 1. The molecule has 0 saturated carbocycles. The minimum absolute atomic E-state index is 0.00153. The molecule has 0 aromatic heterocycles. The van der Waals surface area contributed by atoms with Crippen LogP contribution in [0.5, 0.6) is 5.75 Å². The molecule has 2 N–H and O–H groups in total. The minimum Gasteiger partial charge on any atom is -0.550 e. The number of hydrogen-bond donors (Lipinski definition) is 2. The zero-order valence-corrected chi connectivity index (χ0v) is 13.3. The van der Waals surface area contributed by atoms with Gasteiger partial charge in [-0.3, -0.25) is 20.4 Å². The quantitative estimate of drug-likeness (QED) is 0.674. The highest BCUT2D eigenvalue weighted by molar-refractivity contribution is 5.95. The predicted octanol–water partition coefficient (Wildman–Crippen LogP) is 0.403. The van der Waals surface area contributed by atoms with E-state index in [0.29, 0.717) is 24.2 Å². The maximum atomic E-state index is 11.8. The highest BCUT2D eigenvalue weighted by atomic mass is 16.5. The number of ether oxygens (including phenoxy) is 1. The summed E-state index contributed by atoms with van der Waals surface area (Å²) in [7, 11) is 1.52. The molecule has 0 unspecified atom stereocenters. The first-order valence-corrected chi connectivity index (χ1v) is 7.42. The molecule has 23 heavy (non-hydrogen) atoms. The average molecular weight is 321 g/mol. The van der Waals surface area contributed by atoms with Crippen molar-refractivity contribution >= 4 is 17.8 Å². The summed E-state index contributed by atoms with van der Waals surface area (Å²) < 4.78 is 4.99. The Labute approximate surface area is 135 Å². The zero-order chi connectivity index (χ0) is 17.2. The molecule has 0 spiro atoms. The molecule has 126 valence electrons. The molecule has 0 aliphatic carbocycles. The molecule has 0 bridgehead atoms. The van der Waals surface area contributed by atoms with Gasteiger partial charge in [0.25, 0.3) is 5.91 Å². The average Bonchev–Trinajstić information content (AvgIpc) is 2.56. The minimum atomic E-state index is -1.15. The molecule has 7 nitrogen and oxygen atoms in total. The molecule has 0 radical (unpaired) electrons. The van der Waals surface area contributed by atoms with Crippen LogP contribution in [0, 0.1) is 5.92 Å². The predicted molar refractivity (Wildman–Crippen MR) is 81.2 cm³/mol. The first-order chi connectivity index (χ1) is 11.0. The Morgan fingerprint density at radius 3 is 2.30 bits per heavy atom. The molecule has 1 rings (SSSR count). The van der Waals surface area contributed by atoms with Gasteiger partial charge in [0, 0.05) is 18.0 Å². The van der Waals surface area contributed by atoms with Gasteiger partial charge < -0.3 is 14.6 Å². The van der Waals surface area contributed by atoms with E-state index in [1.807, 2.05) is 6.92 Å². The van der Waals surface area contributed by atoms with Crippen LogP contribution in [-0.2, 0) is 9.59 Å². The lowest BCUT2D eigenvalue weighted by atomic mass is 9.98. The van der Waals surface area contributed by atoms with Crippen molar-refractivity contribution in [3.8, 4) is 5.75 Å². The van der Waals surface area contributed by atoms with E-state index in [1.54, 1.807) is 24.3 Å². The molecule has 1 aromatic rings. The van der Waals surface area contributed by atoms with Gasteiger partial charge in [0.2, 0.25) is 5.91 Å². The van der Waals surface area contributed by atoms with Gasteiger partial charge in [-0.05, 0) is 43.0 Å². The van der Waals surface area contributed by atoms with Gasteiger partial charge in [-0.1, -0.05) is 13.3 Å². The van der Waals surface area contributed by atoms with Gasteiger partial charge in [0.1, 0.15) is 5.75 Å². The third kappa shape index (κ3) is 6.37. The molecular formula is C16H21N2O5-. The molecule has 2 amide bonds. The second kappa shape index (κ2) is 9.45. The summed E-state index contributed by atoms with van der Waals surface area (Å²) in [6.07, 6.45) is 1.35. The fraction of sp³-hybridized carbons (Fsp3) is 0.438. The maximum Gasteiger partial charge on any atom is 0.269 e. The second-order valence-electron chi connectivity index (χ2n) is 5.07. The van der Waals surface area contributed by atoms with Crippen LogP contribution in [0.1, 0.15) is 43.0 Å². The Bertz CT molecular complexity index is 542. The topological polar surface area (TPSA) is 108 Å². The Morgan fingerprint density at radius 2 is 1.78 bits per heavy atom. The fourth-order valence-corrected chi connectivity index (χ4v) is 2.04. The number of amides is 2. The van der Waals surface area contributed by atoms with Crippen LogP contribution in [0.15, 0.2) is 24.3 Å². The first kappa shape index (κ1) is 18.5. The van der Waals surface area contributed by atoms with E-state index in [1.165, 1.54) is 7.11 Å². The van der Waals surface area contributed by atoms with E-state index >= 15 is 0 Å². The van der Waals surface area contributed by atoms with Crippen LogP contribution in [0.25, 0.3) is 0 Å². The Kier molecular flexibility index (Phi) is 7.59. The van der Waals surface area contributed by atoms with Crippen LogP contribution >= 0.6 is 0 Å². The largest absolute Gasteiger partial charge is 0.550 e. The zero-order valence-electron chi connectivity index (χ0n) is 13.3. The van der Waals surface area contributed by atoms with Gasteiger partial charge in [-0.25, -0.2) is 0 Å². The Balaban J connectivity index is 2.39. The number of carbonyl (C=O) groups is 3. The van der Waals surface area contributed by atoms with Gasteiger partial charge >= 0.3 is 0 Å². The van der Waals surface area contributed by atoms with Crippen LogP contribution in [0.4, 0.5) is 0 Å². The number of aliphatic carboxylic acids is 1. The number of carboxylic acids is 1. The SMILES string of the molecule is CCC[C@H](CCC(=O)NNC(=O)c1ccc(OC)cc1)C(=O)[O-]. The number of carbonyl (C=O) groups excluding carboxylic acids is 3. The van der Waals surface area contributed by atoms with Crippen LogP contribution in [0.2, 0.25) is 0 Å². The smallest absolute Gasteiger partial charge is 0.269 e. The molecule has 0 aliphatic heterocycles. The summed E-state index contributed by atoms with van der Waals surface area (Å²) >= 11 is 0. The first-order valence-electron chi connectivity index (χ1n) is 7.42. The fourth-order valence-electron chi connectivity index (χ4n) is 2.04.